The summed E-state index contributed by atoms with van der Waals surface area (Å²) in [5.41, 5.74) is 0.590. The van der Waals surface area contributed by atoms with Gasteiger partial charge in [0.15, 0.2) is 0 Å². The average Bonchev–Trinajstić information content (AvgIpc) is 2.83. The third kappa shape index (κ3) is 2.91. The van der Waals surface area contributed by atoms with Gasteiger partial charge in [-0.1, -0.05) is 25.4 Å². The van der Waals surface area contributed by atoms with Crippen molar-refractivity contribution in [3.05, 3.63) is 34.3 Å². The summed E-state index contributed by atoms with van der Waals surface area (Å²) in [4.78, 5) is 25.8. The lowest BCUT2D eigenvalue weighted by Gasteiger charge is -2.28. The van der Waals surface area contributed by atoms with E-state index in [1.807, 2.05) is 20.8 Å². The molecule has 1 unspecified atom stereocenters. The van der Waals surface area contributed by atoms with E-state index < -0.39 is 11.4 Å². The SMILES string of the molecule is Cc1cc(Cl)cc(C(=O)N2CCC(C(=O)O)(C(C)C)C2)c1. The molecule has 2 rings (SSSR count). The van der Waals surface area contributed by atoms with Crippen LogP contribution in [0.1, 0.15) is 36.2 Å². The summed E-state index contributed by atoms with van der Waals surface area (Å²) in [6.07, 6.45) is 0.491. The molecule has 1 aliphatic rings. The second-order valence-electron chi connectivity index (χ2n) is 6.11. The molecule has 1 aromatic rings. The fourth-order valence-electron chi connectivity index (χ4n) is 2.94. The van der Waals surface area contributed by atoms with Crippen molar-refractivity contribution in [1.29, 1.82) is 0 Å². The summed E-state index contributed by atoms with van der Waals surface area (Å²) in [5.74, 6) is -0.992. The van der Waals surface area contributed by atoms with Crippen molar-refractivity contribution in [2.45, 2.75) is 27.2 Å². The zero-order valence-corrected chi connectivity index (χ0v) is 13.3. The quantitative estimate of drug-likeness (QED) is 0.932. The van der Waals surface area contributed by atoms with Gasteiger partial charge in [-0.05, 0) is 43.0 Å². The maximum absolute atomic E-state index is 12.6. The number of nitrogens with zero attached hydrogens (tertiary/aromatic N) is 1. The molecule has 1 saturated heterocycles. The molecule has 5 heteroatoms. The van der Waals surface area contributed by atoms with Crippen LogP contribution in [0.5, 0.6) is 0 Å². The van der Waals surface area contributed by atoms with Gasteiger partial charge >= 0.3 is 5.97 Å². The largest absolute Gasteiger partial charge is 0.481 e. The van der Waals surface area contributed by atoms with Crippen LogP contribution in [0.2, 0.25) is 5.02 Å². The van der Waals surface area contributed by atoms with Gasteiger partial charge in [0.1, 0.15) is 0 Å². The Morgan fingerprint density at radius 2 is 2.00 bits per heavy atom. The van der Waals surface area contributed by atoms with E-state index in [0.29, 0.717) is 23.6 Å². The van der Waals surface area contributed by atoms with Crippen LogP contribution in [0.4, 0.5) is 0 Å². The third-order valence-corrected chi connectivity index (χ3v) is 4.63. The molecule has 0 spiro atoms. The molecule has 4 nitrogen and oxygen atoms in total. The minimum atomic E-state index is -0.844. The van der Waals surface area contributed by atoms with E-state index in [-0.39, 0.29) is 18.4 Å². The zero-order chi connectivity index (χ0) is 15.8. The molecule has 114 valence electrons. The second kappa shape index (κ2) is 5.68. The summed E-state index contributed by atoms with van der Waals surface area (Å²) >= 11 is 5.99. The number of carbonyl (C=O) groups is 2. The van der Waals surface area contributed by atoms with Gasteiger partial charge in [-0.15, -0.1) is 0 Å². The summed E-state index contributed by atoms with van der Waals surface area (Å²) in [7, 11) is 0. The smallest absolute Gasteiger partial charge is 0.311 e. The second-order valence-corrected chi connectivity index (χ2v) is 6.55. The highest BCUT2D eigenvalue weighted by Gasteiger charge is 2.48. The van der Waals surface area contributed by atoms with Crippen LogP contribution in [0, 0.1) is 18.3 Å². The number of carbonyl (C=O) groups excluding carboxylic acids is 1. The number of amides is 1. The van der Waals surface area contributed by atoms with Crippen LogP contribution >= 0.6 is 11.6 Å². The molecule has 1 fully saturated rings. The number of aliphatic carboxylic acids is 1. The summed E-state index contributed by atoms with van der Waals surface area (Å²) in [6, 6.07) is 5.20. The molecular formula is C16H20ClNO3. The summed E-state index contributed by atoms with van der Waals surface area (Å²) in [6.45, 7) is 6.39. The minimum absolute atomic E-state index is 0.0195. The first-order valence-electron chi connectivity index (χ1n) is 7.06. The van der Waals surface area contributed by atoms with E-state index in [1.54, 1.807) is 23.1 Å². The van der Waals surface area contributed by atoms with Gasteiger partial charge in [0.05, 0.1) is 5.41 Å². The minimum Gasteiger partial charge on any atom is -0.481 e. The molecule has 21 heavy (non-hydrogen) atoms. The number of likely N-dealkylation sites (tertiary alicyclic amines) is 1. The van der Waals surface area contributed by atoms with Gasteiger partial charge < -0.3 is 10.0 Å². The van der Waals surface area contributed by atoms with Crippen LogP contribution in [0.25, 0.3) is 0 Å². The number of hydrogen-bond donors (Lipinski definition) is 1. The highest BCUT2D eigenvalue weighted by molar-refractivity contribution is 6.31. The Morgan fingerprint density at radius 3 is 2.48 bits per heavy atom. The molecule has 0 bridgehead atoms. The first-order valence-corrected chi connectivity index (χ1v) is 7.44. The Labute approximate surface area is 129 Å². The standard InChI is InChI=1S/C16H20ClNO3/c1-10(2)16(15(20)21)4-5-18(9-16)14(19)12-6-11(3)7-13(17)8-12/h6-8,10H,4-5,9H2,1-3H3,(H,20,21). The molecule has 0 radical (unpaired) electrons. The van der Waals surface area contributed by atoms with Gasteiger partial charge in [-0.3, -0.25) is 9.59 Å². The Bertz CT molecular complexity index is 565. The predicted molar refractivity (Wildman–Crippen MR) is 81.6 cm³/mol. The number of aryl methyl sites for hydroxylation is 1. The Hall–Kier alpha value is -1.55. The number of carboxylic acid groups (broad SMARTS) is 1. The van der Waals surface area contributed by atoms with Crippen LogP contribution in [-0.2, 0) is 4.79 Å². The van der Waals surface area contributed by atoms with Crippen molar-refractivity contribution in [3.63, 3.8) is 0 Å². The van der Waals surface area contributed by atoms with E-state index in [1.165, 1.54) is 0 Å². The van der Waals surface area contributed by atoms with E-state index in [2.05, 4.69) is 0 Å². The van der Waals surface area contributed by atoms with Crippen LogP contribution in [0.3, 0.4) is 0 Å². The number of carboxylic acids is 1. The molecule has 1 N–H and O–H groups in total. The molecule has 0 aromatic heterocycles. The molecule has 1 amide bonds. The highest BCUT2D eigenvalue weighted by Crippen LogP contribution is 2.38. The van der Waals surface area contributed by atoms with Crippen molar-refractivity contribution >= 4 is 23.5 Å². The molecule has 0 aliphatic carbocycles. The molecule has 1 atom stereocenters. The zero-order valence-electron chi connectivity index (χ0n) is 12.5. The van der Waals surface area contributed by atoms with Crippen molar-refractivity contribution in [2.75, 3.05) is 13.1 Å². The topological polar surface area (TPSA) is 57.6 Å². The van der Waals surface area contributed by atoms with Gasteiger partial charge in [-0.25, -0.2) is 0 Å². The Balaban J connectivity index is 2.24. The van der Waals surface area contributed by atoms with Crippen molar-refractivity contribution in [2.24, 2.45) is 11.3 Å². The summed E-state index contributed by atoms with van der Waals surface area (Å²) < 4.78 is 0. The van der Waals surface area contributed by atoms with Crippen LogP contribution < -0.4 is 0 Å². The van der Waals surface area contributed by atoms with Crippen molar-refractivity contribution in [3.8, 4) is 0 Å². The lowest BCUT2D eigenvalue weighted by atomic mass is 9.76. The predicted octanol–water partition coefficient (Wildman–Crippen LogP) is 3.22. The number of rotatable bonds is 3. The van der Waals surface area contributed by atoms with Gasteiger partial charge in [0.2, 0.25) is 0 Å². The van der Waals surface area contributed by atoms with Crippen LogP contribution in [0.15, 0.2) is 18.2 Å². The van der Waals surface area contributed by atoms with Crippen molar-refractivity contribution in [1.82, 2.24) is 4.90 Å². The average molecular weight is 310 g/mol. The van der Waals surface area contributed by atoms with Crippen LogP contribution in [-0.4, -0.2) is 35.0 Å². The van der Waals surface area contributed by atoms with Gasteiger partial charge in [0, 0.05) is 23.7 Å². The van der Waals surface area contributed by atoms with E-state index >= 15 is 0 Å². The molecular weight excluding hydrogens is 290 g/mol. The first-order chi connectivity index (χ1) is 9.76. The highest BCUT2D eigenvalue weighted by atomic mass is 35.5. The summed E-state index contributed by atoms with van der Waals surface area (Å²) in [5, 5.41) is 10.1. The van der Waals surface area contributed by atoms with E-state index in [0.717, 1.165) is 5.56 Å². The normalized spacial score (nSPS) is 21.9. The van der Waals surface area contributed by atoms with Gasteiger partial charge in [-0.2, -0.15) is 0 Å². The fourth-order valence-corrected chi connectivity index (χ4v) is 3.23. The lowest BCUT2D eigenvalue weighted by Crippen LogP contribution is -2.40. The maximum atomic E-state index is 12.6. The molecule has 1 aliphatic heterocycles. The van der Waals surface area contributed by atoms with Crippen molar-refractivity contribution < 1.29 is 14.7 Å². The first kappa shape index (κ1) is 15.8. The number of benzene rings is 1. The Morgan fingerprint density at radius 1 is 1.33 bits per heavy atom. The lowest BCUT2D eigenvalue weighted by molar-refractivity contribution is -0.150. The molecule has 0 saturated carbocycles. The van der Waals surface area contributed by atoms with E-state index in [9.17, 15) is 14.7 Å². The monoisotopic (exact) mass is 309 g/mol. The Kier molecular flexibility index (Phi) is 4.28. The fraction of sp³-hybridized carbons (Fsp3) is 0.500. The number of halogens is 1. The maximum Gasteiger partial charge on any atom is 0.311 e. The molecule has 1 aromatic carbocycles. The third-order valence-electron chi connectivity index (χ3n) is 4.41. The number of hydrogen-bond acceptors (Lipinski definition) is 2. The van der Waals surface area contributed by atoms with E-state index in [4.69, 9.17) is 11.6 Å². The van der Waals surface area contributed by atoms with Gasteiger partial charge in [0.25, 0.3) is 5.91 Å². The molecule has 1 heterocycles.